The maximum Gasteiger partial charge on any atom is 0.349 e. The smallest absolute Gasteiger partial charge is 0.349 e. The van der Waals surface area contributed by atoms with E-state index in [1.165, 1.54) is 0 Å². The Morgan fingerprint density at radius 3 is 2.57 bits per heavy atom. The largest absolute Gasteiger partial charge is 0.388 e. The summed E-state index contributed by atoms with van der Waals surface area (Å²) < 4.78 is 1.55. The summed E-state index contributed by atoms with van der Waals surface area (Å²) in [6, 6.07) is 15.3. The number of nitrogens with zero attached hydrogens (tertiary/aromatic N) is 4. The fourth-order valence-electron chi connectivity index (χ4n) is 4.40. The van der Waals surface area contributed by atoms with E-state index in [0.29, 0.717) is 22.2 Å². The van der Waals surface area contributed by atoms with Crippen molar-refractivity contribution in [1.29, 1.82) is 5.26 Å². The SMILES string of the molecule is CNc1cc(C#N)ccc1C1=C(c2ccc(Cl)cc2)C=C2c3n[nH]c(=O)n3C(C(C)(C)C)=NC2N1. The van der Waals surface area contributed by atoms with Crippen LogP contribution in [0.15, 0.2) is 58.3 Å². The van der Waals surface area contributed by atoms with Gasteiger partial charge in [-0.25, -0.2) is 19.5 Å². The zero-order valence-corrected chi connectivity index (χ0v) is 20.5. The van der Waals surface area contributed by atoms with Gasteiger partial charge in [-0.2, -0.15) is 10.4 Å². The Morgan fingerprint density at radius 1 is 1.17 bits per heavy atom. The molecule has 5 rings (SSSR count). The molecule has 2 aromatic carbocycles. The molecule has 0 spiro atoms. The lowest BCUT2D eigenvalue weighted by Crippen LogP contribution is -2.44. The van der Waals surface area contributed by atoms with Gasteiger partial charge in [-0.3, -0.25) is 0 Å². The highest BCUT2D eigenvalue weighted by atomic mass is 35.5. The molecule has 1 atom stereocenters. The number of aromatic amines is 1. The van der Waals surface area contributed by atoms with Crippen LogP contribution in [-0.4, -0.2) is 33.8 Å². The first-order valence-electron chi connectivity index (χ1n) is 11.2. The number of halogens is 1. The van der Waals surface area contributed by atoms with Crippen molar-refractivity contribution in [3.05, 3.63) is 86.6 Å². The molecule has 0 fully saturated rings. The average molecular weight is 486 g/mol. The summed E-state index contributed by atoms with van der Waals surface area (Å²) in [7, 11) is 1.82. The Kier molecular flexibility index (Phi) is 5.37. The van der Waals surface area contributed by atoms with Gasteiger partial charge in [-0.1, -0.05) is 44.5 Å². The summed E-state index contributed by atoms with van der Waals surface area (Å²) in [5.41, 5.74) is 5.01. The minimum absolute atomic E-state index is 0.319. The first-order chi connectivity index (χ1) is 16.7. The number of fused-ring (bicyclic) bond motifs is 3. The normalized spacial score (nSPS) is 17.0. The molecular formula is C26H24ClN7O. The van der Waals surface area contributed by atoms with Gasteiger partial charge in [0, 0.05) is 39.9 Å². The van der Waals surface area contributed by atoms with Gasteiger partial charge in [0.15, 0.2) is 12.0 Å². The van der Waals surface area contributed by atoms with Crippen molar-refractivity contribution in [2.45, 2.75) is 26.9 Å². The molecule has 9 heteroatoms. The number of benzene rings is 2. The third-order valence-corrected chi connectivity index (χ3v) is 6.30. The lowest BCUT2D eigenvalue weighted by molar-refractivity contribution is 0.550. The maximum atomic E-state index is 12.7. The number of rotatable bonds is 3. The van der Waals surface area contributed by atoms with Gasteiger partial charge in [-0.05, 0) is 42.0 Å². The van der Waals surface area contributed by atoms with E-state index in [1.54, 1.807) is 10.6 Å². The fraction of sp³-hybridized carbons (Fsp3) is 0.231. The van der Waals surface area contributed by atoms with Crippen molar-refractivity contribution in [2.75, 3.05) is 12.4 Å². The molecular weight excluding hydrogens is 462 g/mol. The highest BCUT2D eigenvalue weighted by Crippen LogP contribution is 2.39. The third-order valence-electron chi connectivity index (χ3n) is 6.05. The van der Waals surface area contributed by atoms with Gasteiger partial charge in [-0.15, -0.1) is 0 Å². The van der Waals surface area contributed by atoms with Gasteiger partial charge in [0.2, 0.25) is 0 Å². The molecule has 3 aromatic rings. The quantitative estimate of drug-likeness (QED) is 0.511. The number of hydrogen-bond acceptors (Lipinski definition) is 6. The molecule has 35 heavy (non-hydrogen) atoms. The van der Waals surface area contributed by atoms with E-state index < -0.39 is 6.17 Å². The van der Waals surface area contributed by atoms with Crippen LogP contribution in [-0.2, 0) is 0 Å². The standard InChI is InChI=1S/C26H24ClN7O/c1-26(2,3)24-31-22-19(23-32-33-25(35)34(23)24)12-18(15-6-8-16(27)9-7-15)21(30-22)17-10-5-14(13-28)11-20(17)29-4/h5-12,22,29-30H,1-4H3,(H,33,35). The topological polar surface area (TPSA) is 111 Å². The fourth-order valence-corrected chi connectivity index (χ4v) is 4.53. The second-order valence-corrected chi connectivity index (χ2v) is 9.89. The minimum atomic E-state index is -0.446. The van der Waals surface area contributed by atoms with Crippen LogP contribution in [0.2, 0.25) is 5.02 Å². The summed E-state index contributed by atoms with van der Waals surface area (Å²) in [4.78, 5) is 17.6. The Bertz CT molecular complexity index is 1530. The van der Waals surface area contributed by atoms with E-state index in [0.717, 1.165) is 33.7 Å². The van der Waals surface area contributed by atoms with E-state index in [4.69, 9.17) is 16.6 Å². The second-order valence-electron chi connectivity index (χ2n) is 9.45. The van der Waals surface area contributed by atoms with E-state index in [2.05, 4.69) is 26.9 Å². The van der Waals surface area contributed by atoms with Crippen LogP contribution in [0.25, 0.3) is 16.8 Å². The van der Waals surface area contributed by atoms with Crippen LogP contribution < -0.4 is 16.3 Å². The van der Waals surface area contributed by atoms with Gasteiger partial charge in [0.1, 0.15) is 5.84 Å². The van der Waals surface area contributed by atoms with E-state index in [1.807, 2.05) is 70.3 Å². The molecule has 8 nitrogen and oxygen atoms in total. The first kappa shape index (κ1) is 22.7. The molecule has 1 aromatic heterocycles. The molecule has 0 saturated carbocycles. The monoisotopic (exact) mass is 485 g/mol. The molecule has 0 amide bonds. The summed E-state index contributed by atoms with van der Waals surface area (Å²) in [5.74, 6) is 1.16. The molecule has 0 bridgehead atoms. The number of aromatic nitrogens is 3. The molecule has 0 radical (unpaired) electrons. The maximum absolute atomic E-state index is 12.7. The highest BCUT2D eigenvalue weighted by Gasteiger charge is 2.37. The van der Waals surface area contributed by atoms with Crippen LogP contribution in [0.4, 0.5) is 5.69 Å². The van der Waals surface area contributed by atoms with Crippen LogP contribution in [0, 0.1) is 16.7 Å². The third kappa shape index (κ3) is 3.84. The molecule has 176 valence electrons. The molecule has 3 N–H and O–H groups in total. The number of allylic oxidation sites excluding steroid dienone is 2. The number of aliphatic imine (C=N–C) groups is 1. The first-order valence-corrected chi connectivity index (χ1v) is 11.6. The van der Waals surface area contributed by atoms with Crippen molar-refractivity contribution in [1.82, 2.24) is 20.1 Å². The minimum Gasteiger partial charge on any atom is -0.388 e. The lowest BCUT2D eigenvalue weighted by Gasteiger charge is -2.34. The van der Waals surface area contributed by atoms with E-state index >= 15 is 0 Å². The van der Waals surface area contributed by atoms with Gasteiger partial charge in [0.25, 0.3) is 0 Å². The predicted molar refractivity (Wildman–Crippen MR) is 139 cm³/mol. The highest BCUT2D eigenvalue weighted by molar-refractivity contribution is 6.30. The zero-order chi connectivity index (χ0) is 24.9. The van der Waals surface area contributed by atoms with Crippen molar-refractivity contribution >= 4 is 40.0 Å². The van der Waals surface area contributed by atoms with Crippen molar-refractivity contribution in [3.63, 3.8) is 0 Å². The number of dihydropyridines is 1. The average Bonchev–Trinajstić information content (AvgIpc) is 3.23. The second kappa shape index (κ2) is 8.29. The van der Waals surface area contributed by atoms with Crippen LogP contribution in [0.3, 0.4) is 0 Å². The molecule has 0 saturated heterocycles. The van der Waals surface area contributed by atoms with Gasteiger partial charge >= 0.3 is 5.69 Å². The van der Waals surface area contributed by atoms with Gasteiger partial charge in [0.05, 0.1) is 17.3 Å². The number of nitrogens with one attached hydrogen (secondary N) is 3. The number of hydrogen-bond donors (Lipinski definition) is 3. The molecule has 2 aliphatic heterocycles. The summed E-state index contributed by atoms with van der Waals surface area (Å²) in [5, 5.41) is 23.8. The Hall–Kier alpha value is -4.09. The van der Waals surface area contributed by atoms with Crippen molar-refractivity contribution in [2.24, 2.45) is 10.4 Å². The van der Waals surface area contributed by atoms with Crippen LogP contribution in [0.1, 0.15) is 43.3 Å². The van der Waals surface area contributed by atoms with E-state index in [-0.39, 0.29) is 11.1 Å². The summed E-state index contributed by atoms with van der Waals surface area (Å²) >= 11 is 6.17. The summed E-state index contributed by atoms with van der Waals surface area (Å²) in [6.07, 6.45) is 1.57. The lowest BCUT2D eigenvalue weighted by atomic mass is 9.89. The van der Waals surface area contributed by atoms with Crippen molar-refractivity contribution in [3.8, 4) is 6.07 Å². The van der Waals surface area contributed by atoms with Crippen LogP contribution >= 0.6 is 11.6 Å². The number of anilines is 1. The molecule has 3 heterocycles. The number of H-pyrrole nitrogens is 1. The van der Waals surface area contributed by atoms with Crippen LogP contribution in [0.5, 0.6) is 0 Å². The Labute approximate surface area is 207 Å². The Balaban J connectivity index is 1.79. The molecule has 1 unspecified atom stereocenters. The number of nitriles is 1. The van der Waals surface area contributed by atoms with E-state index in [9.17, 15) is 10.1 Å². The van der Waals surface area contributed by atoms with Crippen molar-refractivity contribution < 1.29 is 0 Å². The summed E-state index contributed by atoms with van der Waals surface area (Å²) in [6.45, 7) is 6.05. The van der Waals surface area contributed by atoms with Gasteiger partial charge < -0.3 is 10.6 Å². The molecule has 2 aliphatic rings. The molecule has 0 aliphatic carbocycles. The zero-order valence-electron chi connectivity index (χ0n) is 19.8. The predicted octanol–water partition coefficient (Wildman–Crippen LogP) is 4.33. The Morgan fingerprint density at radius 2 is 1.91 bits per heavy atom.